The fourth-order valence-corrected chi connectivity index (χ4v) is 1.66. The van der Waals surface area contributed by atoms with Crippen molar-refractivity contribution in [3.8, 4) is 0 Å². The van der Waals surface area contributed by atoms with Crippen LogP contribution in [0.3, 0.4) is 0 Å². The molecule has 17 heavy (non-hydrogen) atoms. The number of aromatic nitrogens is 1. The summed E-state index contributed by atoms with van der Waals surface area (Å²) in [6, 6.07) is 3.24. The number of anilines is 1. The van der Waals surface area contributed by atoms with E-state index >= 15 is 0 Å². The molecule has 0 radical (unpaired) electrons. The fourth-order valence-electron chi connectivity index (χ4n) is 1.66. The monoisotopic (exact) mass is 237 g/mol. The van der Waals surface area contributed by atoms with E-state index in [2.05, 4.69) is 17.2 Å². The van der Waals surface area contributed by atoms with E-state index in [1.165, 1.54) is 18.9 Å². The van der Waals surface area contributed by atoms with Gasteiger partial charge in [-0.3, -0.25) is 10.1 Å². The van der Waals surface area contributed by atoms with Crippen LogP contribution < -0.4 is 5.32 Å². The Morgan fingerprint density at radius 3 is 2.94 bits per heavy atom. The molecule has 1 atom stereocenters. The van der Waals surface area contributed by atoms with Gasteiger partial charge in [0.15, 0.2) is 0 Å². The summed E-state index contributed by atoms with van der Waals surface area (Å²) in [5, 5.41) is 13.9. The summed E-state index contributed by atoms with van der Waals surface area (Å²) in [5.74, 6) is 0.362. The lowest BCUT2D eigenvalue weighted by Gasteiger charge is -2.13. The summed E-state index contributed by atoms with van der Waals surface area (Å²) < 4.78 is 0. The SMILES string of the molecule is CCCCCC(C)Nc1ncccc1[N+](=O)[O-]. The summed E-state index contributed by atoms with van der Waals surface area (Å²) >= 11 is 0. The maximum atomic E-state index is 10.8. The number of nitrogens with one attached hydrogen (secondary N) is 1. The maximum absolute atomic E-state index is 10.8. The molecule has 0 bridgehead atoms. The Morgan fingerprint density at radius 2 is 2.29 bits per heavy atom. The predicted molar refractivity (Wildman–Crippen MR) is 68.1 cm³/mol. The molecular weight excluding hydrogens is 218 g/mol. The molecule has 0 spiro atoms. The van der Waals surface area contributed by atoms with Crippen molar-refractivity contribution < 1.29 is 4.92 Å². The van der Waals surface area contributed by atoms with Gasteiger partial charge in [0.1, 0.15) is 0 Å². The van der Waals surface area contributed by atoms with Crippen molar-refractivity contribution in [3.05, 3.63) is 28.4 Å². The lowest BCUT2D eigenvalue weighted by molar-refractivity contribution is -0.384. The van der Waals surface area contributed by atoms with Crippen LogP contribution in [-0.2, 0) is 0 Å². The smallest absolute Gasteiger partial charge is 0.311 e. The zero-order chi connectivity index (χ0) is 12.7. The molecule has 1 aromatic rings. The first kappa shape index (κ1) is 13.4. The molecule has 0 fully saturated rings. The number of hydrogen-bond donors (Lipinski definition) is 1. The number of hydrogen-bond acceptors (Lipinski definition) is 4. The van der Waals surface area contributed by atoms with Crippen LogP contribution in [0.5, 0.6) is 0 Å². The molecular formula is C12H19N3O2. The largest absolute Gasteiger partial charge is 0.362 e. The molecule has 0 aliphatic carbocycles. The van der Waals surface area contributed by atoms with Gasteiger partial charge in [0.05, 0.1) is 4.92 Å². The van der Waals surface area contributed by atoms with Gasteiger partial charge >= 0.3 is 5.69 Å². The Hall–Kier alpha value is -1.65. The summed E-state index contributed by atoms with van der Waals surface area (Å²) in [6.07, 6.45) is 6.06. The van der Waals surface area contributed by atoms with E-state index in [0.717, 1.165) is 12.8 Å². The zero-order valence-electron chi connectivity index (χ0n) is 10.3. The molecule has 0 saturated heterocycles. The molecule has 1 heterocycles. The molecule has 0 amide bonds. The minimum Gasteiger partial charge on any atom is -0.362 e. The molecule has 0 saturated carbocycles. The quantitative estimate of drug-likeness (QED) is 0.448. The maximum Gasteiger partial charge on any atom is 0.311 e. The highest BCUT2D eigenvalue weighted by Crippen LogP contribution is 2.21. The third-order valence-corrected chi connectivity index (χ3v) is 2.61. The Morgan fingerprint density at radius 1 is 1.53 bits per heavy atom. The molecule has 1 unspecified atom stereocenters. The lowest BCUT2D eigenvalue weighted by Crippen LogP contribution is -2.16. The van der Waals surface area contributed by atoms with Crippen LogP contribution in [-0.4, -0.2) is 15.9 Å². The van der Waals surface area contributed by atoms with E-state index in [0.29, 0.717) is 5.82 Å². The van der Waals surface area contributed by atoms with Crippen LogP contribution in [0, 0.1) is 10.1 Å². The number of pyridine rings is 1. The third-order valence-electron chi connectivity index (χ3n) is 2.61. The Balaban J connectivity index is 2.58. The zero-order valence-corrected chi connectivity index (χ0v) is 10.3. The van der Waals surface area contributed by atoms with E-state index in [9.17, 15) is 10.1 Å². The number of rotatable bonds is 7. The van der Waals surface area contributed by atoms with Gasteiger partial charge in [-0.2, -0.15) is 0 Å². The number of unbranched alkanes of at least 4 members (excludes halogenated alkanes) is 2. The molecule has 5 heteroatoms. The van der Waals surface area contributed by atoms with Crippen molar-refractivity contribution in [2.75, 3.05) is 5.32 Å². The first-order valence-corrected chi connectivity index (χ1v) is 6.01. The summed E-state index contributed by atoms with van der Waals surface area (Å²) in [7, 11) is 0. The van der Waals surface area contributed by atoms with Gasteiger partial charge in [-0.15, -0.1) is 0 Å². The Kier molecular flexibility index (Phi) is 5.39. The van der Waals surface area contributed by atoms with Gasteiger partial charge in [-0.25, -0.2) is 4.98 Å². The van der Waals surface area contributed by atoms with Gasteiger partial charge in [0, 0.05) is 18.3 Å². The van der Waals surface area contributed by atoms with Crippen LogP contribution in [0.2, 0.25) is 0 Å². The fraction of sp³-hybridized carbons (Fsp3) is 0.583. The normalized spacial score (nSPS) is 12.1. The first-order valence-electron chi connectivity index (χ1n) is 6.01. The minimum atomic E-state index is -0.409. The van der Waals surface area contributed by atoms with Crippen molar-refractivity contribution in [1.82, 2.24) is 4.98 Å². The molecule has 5 nitrogen and oxygen atoms in total. The number of nitro groups is 1. The first-order chi connectivity index (χ1) is 8.15. The predicted octanol–water partition coefficient (Wildman–Crippen LogP) is 3.37. The topological polar surface area (TPSA) is 68.1 Å². The van der Waals surface area contributed by atoms with Gasteiger partial charge in [0.25, 0.3) is 0 Å². The average molecular weight is 237 g/mol. The Labute approximate surface area is 101 Å². The second kappa shape index (κ2) is 6.83. The van der Waals surface area contributed by atoms with Gasteiger partial charge in [0.2, 0.25) is 5.82 Å². The van der Waals surface area contributed by atoms with E-state index in [-0.39, 0.29) is 11.7 Å². The van der Waals surface area contributed by atoms with Crippen LogP contribution >= 0.6 is 0 Å². The molecule has 1 aromatic heterocycles. The van der Waals surface area contributed by atoms with E-state index in [1.807, 2.05) is 6.92 Å². The summed E-state index contributed by atoms with van der Waals surface area (Å²) in [5.41, 5.74) is 0.0369. The molecule has 1 rings (SSSR count). The highest BCUT2D eigenvalue weighted by Gasteiger charge is 2.15. The van der Waals surface area contributed by atoms with Crippen molar-refractivity contribution in [2.24, 2.45) is 0 Å². The van der Waals surface area contributed by atoms with Gasteiger partial charge in [-0.1, -0.05) is 26.2 Å². The average Bonchev–Trinajstić information content (AvgIpc) is 2.29. The second-order valence-electron chi connectivity index (χ2n) is 4.17. The Bertz CT molecular complexity index is 369. The van der Waals surface area contributed by atoms with Crippen LogP contribution in [0.25, 0.3) is 0 Å². The standard InChI is InChI=1S/C12H19N3O2/c1-3-4-5-7-10(2)14-12-11(15(16)17)8-6-9-13-12/h6,8-10H,3-5,7H2,1-2H3,(H,13,14). The van der Waals surface area contributed by atoms with Gasteiger partial charge in [-0.05, 0) is 19.4 Å². The minimum absolute atomic E-state index is 0.0369. The van der Waals surface area contributed by atoms with Crippen molar-refractivity contribution >= 4 is 11.5 Å². The van der Waals surface area contributed by atoms with Crippen molar-refractivity contribution in [2.45, 2.75) is 45.6 Å². The van der Waals surface area contributed by atoms with E-state index in [1.54, 1.807) is 12.3 Å². The van der Waals surface area contributed by atoms with E-state index in [4.69, 9.17) is 0 Å². The molecule has 94 valence electrons. The molecule has 1 N–H and O–H groups in total. The second-order valence-corrected chi connectivity index (χ2v) is 4.17. The van der Waals surface area contributed by atoms with E-state index < -0.39 is 4.92 Å². The number of nitrogens with zero attached hydrogens (tertiary/aromatic N) is 2. The van der Waals surface area contributed by atoms with Crippen LogP contribution in [0.15, 0.2) is 18.3 Å². The van der Waals surface area contributed by atoms with Crippen molar-refractivity contribution in [3.63, 3.8) is 0 Å². The lowest BCUT2D eigenvalue weighted by atomic mass is 10.1. The molecule has 0 aromatic carbocycles. The summed E-state index contributed by atoms with van der Waals surface area (Å²) in [6.45, 7) is 4.18. The van der Waals surface area contributed by atoms with Gasteiger partial charge < -0.3 is 5.32 Å². The molecule has 0 aliphatic heterocycles. The van der Waals surface area contributed by atoms with Crippen molar-refractivity contribution in [1.29, 1.82) is 0 Å². The molecule has 0 aliphatic rings. The third kappa shape index (κ3) is 4.38. The van der Waals surface area contributed by atoms with Crippen LogP contribution in [0.1, 0.15) is 39.5 Å². The summed E-state index contributed by atoms with van der Waals surface area (Å²) in [4.78, 5) is 14.4. The highest BCUT2D eigenvalue weighted by atomic mass is 16.6. The highest BCUT2D eigenvalue weighted by molar-refractivity contribution is 5.55. The van der Waals surface area contributed by atoms with Crippen LogP contribution in [0.4, 0.5) is 11.5 Å².